The van der Waals surface area contributed by atoms with Crippen molar-refractivity contribution in [2.75, 3.05) is 5.75 Å². The van der Waals surface area contributed by atoms with Crippen molar-refractivity contribution in [1.82, 2.24) is 5.32 Å². The molecule has 1 amide bonds. The third kappa shape index (κ3) is 9.12. The van der Waals surface area contributed by atoms with Crippen molar-refractivity contribution in [3.63, 3.8) is 0 Å². The highest BCUT2D eigenvalue weighted by molar-refractivity contribution is 7.98. The van der Waals surface area contributed by atoms with E-state index in [0.717, 1.165) is 5.56 Å². The van der Waals surface area contributed by atoms with Gasteiger partial charge in [0, 0.05) is 11.5 Å². The highest BCUT2D eigenvalue weighted by Crippen LogP contribution is 2.28. The van der Waals surface area contributed by atoms with Gasteiger partial charge in [0.25, 0.3) is 0 Å². The molecule has 0 heterocycles. The van der Waals surface area contributed by atoms with Crippen LogP contribution in [0.25, 0.3) is 0 Å². The SMILES string of the molecule is CC(C)C[C@H](NC(=O)C(CSCc1ccccc1)CC(F)(F)F)C(=O)O. The number of hydrogen-bond acceptors (Lipinski definition) is 3. The molecule has 0 aliphatic carbocycles. The number of nitrogens with one attached hydrogen (secondary N) is 1. The number of carboxylic acid groups (broad SMARTS) is 1. The van der Waals surface area contributed by atoms with Crippen LogP contribution in [-0.2, 0) is 15.3 Å². The molecule has 146 valence electrons. The van der Waals surface area contributed by atoms with Gasteiger partial charge in [-0.1, -0.05) is 44.2 Å². The van der Waals surface area contributed by atoms with Gasteiger partial charge in [0.05, 0.1) is 12.3 Å². The third-order valence-electron chi connectivity index (χ3n) is 3.60. The molecule has 1 unspecified atom stereocenters. The van der Waals surface area contributed by atoms with E-state index in [1.165, 1.54) is 11.8 Å². The Morgan fingerprint density at radius 3 is 2.31 bits per heavy atom. The summed E-state index contributed by atoms with van der Waals surface area (Å²) in [7, 11) is 0. The molecule has 0 aromatic heterocycles. The molecule has 0 saturated carbocycles. The van der Waals surface area contributed by atoms with Crippen molar-refractivity contribution in [1.29, 1.82) is 0 Å². The molecule has 2 atom stereocenters. The van der Waals surface area contributed by atoms with Crippen LogP contribution >= 0.6 is 11.8 Å². The van der Waals surface area contributed by atoms with Crippen molar-refractivity contribution in [3.05, 3.63) is 35.9 Å². The lowest BCUT2D eigenvalue weighted by molar-refractivity contribution is -0.154. The lowest BCUT2D eigenvalue weighted by Gasteiger charge is -2.22. The zero-order valence-corrected chi connectivity index (χ0v) is 15.6. The summed E-state index contributed by atoms with van der Waals surface area (Å²) in [6.07, 6.45) is -5.60. The third-order valence-corrected chi connectivity index (χ3v) is 4.78. The zero-order valence-electron chi connectivity index (χ0n) is 14.8. The number of thioether (sulfide) groups is 1. The summed E-state index contributed by atoms with van der Waals surface area (Å²) >= 11 is 1.22. The Kier molecular flexibility index (Phi) is 8.98. The van der Waals surface area contributed by atoms with E-state index in [4.69, 9.17) is 5.11 Å². The highest BCUT2D eigenvalue weighted by Gasteiger charge is 2.36. The van der Waals surface area contributed by atoms with Crippen LogP contribution in [0.2, 0.25) is 0 Å². The standard InChI is InChI=1S/C18H24F3NO3S/c1-12(2)8-15(17(24)25)22-16(23)14(9-18(19,20)21)11-26-10-13-6-4-3-5-7-13/h3-7,12,14-15H,8-11H2,1-2H3,(H,22,23)(H,24,25)/t14?,15-/m0/s1. The number of carboxylic acids is 1. The average Bonchev–Trinajstić information content (AvgIpc) is 2.52. The summed E-state index contributed by atoms with van der Waals surface area (Å²) in [5.74, 6) is -2.99. The number of alkyl halides is 3. The van der Waals surface area contributed by atoms with E-state index in [0.29, 0.717) is 5.75 Å². The van der Waals surface area contributed by atoms with E-state index in [2.05, 4.69) is 5.32 Å². The maximum Gasteiger partial charge on any atom is 0.389 e. The van der Waals surface area contributed by atoms with Crippen LogP contribution in [0.3, 0.4) is 0 Å². The van der Waals surface area contributed by atoms with Gasteiger partial charge in [0.1, 0.15) is 6.04 Å². The minimum Gasteiger partial charge on any atom is -0.480 e. The van der Waals surface area contributed by atoms with E-state index >= 15 is 0 Å². The molecular weight excluding hydrogens is 367 g/mol. The molecule has 0 saturated heterocycles. The van der Waals surface area contributed by atoms with Gasteiger partial charge in [-0.2, -0.15) is 24.9 Å². The molecule has 1 rings (SSSR count). The second-order valence-electron chi connectivity index (χ2n) is 6.55. The lowest BCUT2D eigenvalue weighted by Crippen LogP contribution is -2.45. The van der Waals surface area contributed by atoms with Crippen molar-refractivity contribution in [2.24, 2.45) is 11.8 Å². The Morgan fingerprint density at radius 1 is 1.19 bits per heavy atom. The van der Waals surface area contributed by atoms with Crippen molar-refractivity contribution >= 4 is 23.6 Å². The predicted molar refractivity (Wildman–Crippen MR) is 95.8 cm³/mol. The Morgan fingerprint density at radius 2 is 1.81 bits per heavy atom. The monoisotopic (exact) mass is 391 g/mol. The van der Waals surface area contributed by atoms with Gasteiger partial charge in [0.2, 0.25) is 5.91 Å². The van der Waals surface area contributed by atoms with E-state index < -0.39 is 36.4 Å². The molecule has 1 aromatic rings. The fraction of sp³-hybridized carbons (Fsp3) is 0.556. The molecule has 0 spiro atoms. The fourth-order valence-electron chi connectivity index (χ4n) is 2.38. The first-order chi connectivity index (χ1) is 12.1. The van der Waals surface area contributed by atoms with Crippen molar-refractivity contribution in [3.8, 4) is 0 Å². The van der Waals surface area contributed by atoms with Crippen LogP contribution in [0.5, 0.6) is 0 Å². The number of amides is 1. The number of benzene rings is 1. The summed E-state index contributed by atoms with van der Waals surface area (Å²) < 4.78 is 38.5. The molecule has 0 aliphatic heterocycles. The van der Waals surface area contributed by atoms with Gasteiger partial charge in [0.15, 0.2) is 0 Å². The van der Waals surface area contributed by atoms with Gasteiger partial charge in [-0.3, -0.25) is 4.79 Å². The first-order valence-electron chi connectivity index (χ1n) is 8.30. The largest absolute Gasteiger partial charge is 0.480 e. The topological polar surface area (TPSA) is 66.4 Å². The molecule has 0 radical (unpaired) electrons. The van der Waals surface area contributed by atoms with E-state index in [1.54, 1.807) is 13.8 Å². The number of halogens is 3. The highest BCUT2D eigenvalue weighted by atomic mass is 32.2. The van der Waals surface area contributed by atoms with Gasteiger partial charge in [-0.05, 0) is 17.9 Å². The average molecular weight is 391 g/mol. The normalized spacial score (nSPS) is 14.1. The first kappa shape index (κ1) is 22.3. The minimum atomic E-state index is -4.49. The molecular formula is C18H24F3NO3S. The summed E-state index contributed by atoms with van der Waals surface area (Å²) in [5, 5.41) is 11.4. The zero-order chi connectivity index (χ0) is 19.7. The Balaban J connectivity index is 2.70. The molecule has 4 nitrogen and oxygen atoms in total. The second kappa shape index (κ2) is 10.4. The maximum atomic E-state index is 12.8. The van der Waals surface area contributed by atoms with Crippen molar-refractivity contribution in [2.45, 2.75) is 44.7 Å². The van der Waals surface area contributed by atoms with Gasteiger partial charge < -0.3 is 10.4 Å². The number of aliphatic carboxylic acids is 1. The summed E-state index contributed by atoms with van der Waals surface area (Å²) in [4.78, 5) is 23.5. The molecule has 26 heavy (non-hydrogen) atoms. The molecule has 0 bridgehead atoms. The molecule has 2 N–H and O–H groups in total. The summed E-state index contributed by atoms with van der Waals surface area (Å²) in [6.45, 7) is 3.57. The first-order valence-corrected chi connectivity index (χ1v) is 9.45. The van der Waals surface area contributed by atoms with Crippen LogP contribution in [0.4, 0.5) is 13.2 Å². The molecule has 0 aliphatic rings. The number of hydrogen-bond donors (Lipinski definition) is 2. The molecule has 0 fully saturated rings. The Labute approximate surface area is 155 Å². The Bertz CT molecular complexity index is 579. The van der Waals surface area contributed by atoms with E-state index in [-0.39, 0.29) is 18.1 Å². The van der Waals surface area contributed by atoms with Crippen molar-refractivity contribution < 1.29 is 27.9 Å². The fourth-order valence-corrected chi connectivity index (χ4v) is 3.48. The smallest absolute Gasteiger partial charge is 0.389 e. The van der Waals surface area contributed by atoms with Crippen LogP contribution in [0.1, 0.15) is 32.3 Å². The van der Waals surface area contributed by atoms with Gasteiger partial charge in [-0.15, -0.1) is 0 Å². The maximum absolute atomic E-state index is 12.8. The van der Waals surface area contributed by atoms with E-state index in [9.17, 15) is 22.8 Å². The number of carbonyl (C=O) groups excluding carboxylic acids is 1. The van der Waals surface area contributed by atoms with Crippen LogP contribution in [0.15, 0.2) is 30.3 Å². The molecule has 1 aromatic carbocycles. The van der Waals surface area contributed by atoms with Crippen LogP contribution in [-0.4, -0.2) is 35.0 Å². The quantitative estimate of drug-likeness (QED) is 0.630. The Hall–Kier alpha value is -1.70. The molecule has 8 heteroatoms. The predicted octanol–water partition coefficient (Wildman–Crippen LogP) is 4.10. The van der Waals surface area contributed by atoms with Gasteiger partial charge in [-0.25, -0.2) is 4.79 Å². The number of carbonyl (C=O) groups is 2. The second-order valence-corrected chi connectivity index (χ2v) is 7.58. The van der Waals surface area contributed by atoms with Crippen LogP contribution in [0, 0.1) is 11.8 Å². The van der Waals surface area contributed by atoms with Crippen LogP contribution < -0.4 is 5.32 Å². The summed E-state index contributed by atoms with van der Waals surface area (Å²) in [6, 6.07) is 8.04. The van der Waals surface area contributed by atoms with E-state index in [1.807, 2.05) is 30.3 Å². The number of rotatable bonds is 10. The minimum absolute atomic E-state index is 0.00933. The lowest BCUT2D eigenvalue weighted by atomic mass is 10.0. The van der Waals surface area contributed by atoms with Gasteiger partial charge >= 0.3 is 12.1 Å². The summed E-state index contributed by atoms with van der Waals surface area (Å²) in [5.41, 5.74) is 0.951.